The van der Waals surface area contributed by atoms with E-state index in [4.69, 9.17) is 5.73 Å². The highest BCUT2D eigenvalue weighted by Crippen LogP contribution is 2.22. The topological polar surface area (TPSA) is 29.3 Å². The summed E-state index contributed by atoms with van der Waals surface area (Å²) in [6, 6.07) is 11.1. The van der Waals surface area contributed by atoms with Crippen LogP contribution in [0.15, 0.2) is 42.5 Å². The standard InChI is InChI=1S/C16H18F2N2/c1-2-20(16-6-4-3-5-15(16)18)11-13-9-14(17)8-7-12(13)10-19/h3-9H,2,10-11,19H2,1H3. The number of halogens is 2. The van der Waals surface area contributed by atoms with E-state index in [1.54, 1.807) is 24.3 Å². The van der Waals surface area contributed by atoms with Gasteiger partial charge in [0, 0.05) is 19.6 Å². The maximum Gasteiger partial charge on any atom is 0.146 e. The molecule has 0 fully saturated rings. The van der Waals surface area contributed by atoms with E-state index in [0.29, 0.717) is 25.3 Å². The fourth-order valence-electron chi connectivity index (χ4n) is 2.22. The molecule has 0 spiro atoms. The van der Waals surface area contributed by atoms with Crippen LogP contribution in [0, 0.1) is 11.6 Å². The van der Waals surface area contributed by atoms with Gasteiger partial charge in [-0.2, -0.15) is 0 Å². The van der Waals surface area contributed by atoms with E-state index in [9.17, 15) is 8.78 Å². The lowest BCUT2D eigenvalue weighted by molar-refractivity contribution is 0.613. The van der Waals surface area contributed by atoms with Crippen LogP contribution in [0.4, 0.5) is 14.5 Å². The summed E-state index contributed by atoms with van der Waals surface area (Å²) < 4.78 is 27.2. The summed E-state index contributed by atoms with van der Waals surface area (Å²) in [4.78, 5) is 1.86. The Morgan fingerprint density at radius 1 is 1.05 bits per heavy atom. The van der Waals surface area contributed by atoms with Crippen LogP contribution in [-0.4, -0.2) is 6.54 Å². The first-order valence-electron chi connectivity index (χ1n) is 6.62. The Balaban J connectivity index is 2.31. The number of para-hydroxylation sites is 1. The maximum absolute atomic E-state index is 13.9. The zero-order chi connectivity index (χ0) is 14.5. The molecule has 0 amide bonds. The van der Waals surface area contributed by atoms with Gasteiger partial charge in [0.1, 0.15) is 11.6 Å². The lowest BCUT2D eigenvalue weighted by Gasteiger charge is -2.24. The highest BCUT2D eigenvalue weighted by atomic mass is 19.1. The zero-order valence-corrected chi connectivity index (χ0v) is 11.4. The van der Waals surface area contributed by atoms with Crippen LogP contribution in [0.25, 0.3) is 0 Å². The Morgan fingerprint density at radius 2 is 1.80 bits per heavy atom. The number of hydrogen-bond acceptors (Lipinski definition) is 2. The minimum Gasteiger partial charge on any atom is -0.365 e. The van der Waals surface area contributed by atoms with E-state index in [2.05, 4.69) is 0 Å². The molecule has 0 atom stereocenters. The SMILES string of the molecule is CCN(Cc1cc(F)ccc1CN)c1ccccc1F. The highest BCUT2D eigenvalue weighted by molar-refractivity contribution is 5.48. The molecule has 2 aromatic carbocycles. The first kappa shape index (κ1) is 14.5. The first-order chi connectivity index (χ1) is 9.65. The molecule has 106 valence electrons. The molecule has 0 radical (unpaired) electrons. The van der Waals surface area contributed by atoms with Crippen LogP contribution in [0.1, 0.15) is 18.1 Å². The molecular formula is C16H18F2N2. The van der Waals surface area contributed by atoms with Crippen LogP contribution >= 0.6 is 0 Å². The molecule has 0 aliphatic carbocycles. The van der Waals surface area contributed by atoms with Crippen LogP contribution in [0.2, 0.25) is 0 Å². The third-order valence-electron chi connectivity index (χ3n) is 3.32. The highest BCUT2D eigenvalue weighted by Gasteiger charge is 2.12. The van der Waals surface area contributed by atoms with E-state index < -0.39 is 0 Å². The lowest BCUT2D eigenvalue weighted by atomic mass is 10.1. The van der Waals surface area contributed by atoms with Gasteiger partial charge in [-0.25, -0.2) is 8.78 Å². The van der Waals surface area contributed by atoms with Crippen molar-refractivity contribution >= 4 is 5.69 Å². The van der Waals surface area contributed by atoms with E-state index in [-0.39, 0.29) is 11.6 Å². The lowest BCUT2D eigenvalue weighted by Crippen LogP contribution is -2.24. The number of benzene rings is 2. The summed E-state index contributed by atoms with van der Waals surface area (Å²) in [5.74, 6) is -0.582. The molecule has 0 aliphatic rings. The molecule has 0 heterocycles. The summed E-state index contributed by atoms with van der Waals surface area (Å²) in [5, 5.41) is 0. The van der Waals surface area contributed by atoms with Crippen molar-refractivity contribution in [3.05, 3.63) is 65.2 Å². The van der Waals surface area contributed by atoms with Gasteiger partial charge in [-0.1, -0.05) is 18.2 Å². The van der Waals surface area contributed by atoms with Crippen LogP contribution in [0.3, 0.4) is 0 Å². The van der Waals surface area contributed by atoms with E-state index in [1.165, 1.54) is 18.2 Å². The van der Waals surface area contributed by atoms with Gasteiger partial charge in [-0.05, 0) is 42.3 Å². The summed E-state index contributed by atoms with van der Waals surface area (Å²) in [5.41, 5.74) is 7.85. The second-order valence-corrected chi connectivity index (χ2v) is 4.58. The molecule has 2 N–H and O–H groups in total. The van der Waals surface area contributed by atoms with Crippen molar-refractivity contribution < 1.29 is 8.78 Å². The van der Waals surface area contributed by atoms with Crippen LogP contribution in [-0.2, 0) is 13.1 Å². The van der Waals surface area contributed by atoms with E-state index in [1.807, 2.05) is 11.8 Å². The van der Waals surface area contributed by atoms with Crippen molar-refractivity contribution in [1.29, 1.82) is 0 Å². The first-order valence-corrected chi connectivity index (χ1v) is 6.62. The second-order valence-electron chi connectivity index (χ2n) is 4.58. The minimum absolute atomic E-state index is 0.278. The molecule has 0 saturated heterocycles. The molecule has 0 bridgehead atoms. The third-order valence-corrected chi connectivity index (χ3v) is 3.32. The zero-order valence-electron chi connectivity index (χ0n) is 11.4. The van der Waals surface area contributed by atoms with Crippen molar-refractivity contribution in [1.82, 2.24) is 0 Å². The Hall–Kier alpha value is -1.94. The molecule has 2 aromatic rings. The largest absolute Gasteiger partial charge is 0.365 e. The van der Waals surface area contributed by atoms with Gasteiger partial charge in [0.25, 0.3) is 0 Å². The average molecular weight is 276 g/mol. The molecule has 0 unspecified atom stereocenters. The predicted octanol–water partition coefficient (Wildman–Crippen LogP) is 3.45. The second kappa shape index (κ2) is 6.48. The summed E-state index contributed by atoms with van der Waals surface area (Å²) in [6.45, 7) is 3.33. The maximum atomic E-state index is 13.9. The van der Waals surface area contributed by atoms with Gasteiger partial charge < -0.3 is 10.6 Å². The van der Waals surface area contributed by atoms with Gasteiger partial charge in [0.2, 0.25) is 0 Å². The quantitative estimate of drug-likeness (QED) is 0.906. The number of nitrogens with two attached hydrogens (primary N) is 1. The van der Waals surface area contributed by atoms with Crippen molar-refractivity contribution in [2.24, 2.45) is 5.73 Å². The molecule has 0 aromatic heterocycles. The van der Waals surface area contributed by atoms with Crippen molar-refractivity contribution in [3.8, 4) is 0 Å². The van der Waals surface area contributed by atoms with Crippen molar-refractivity contribution in [2.75, 3.05) is 11.4 Å². The molecule has 2 nitrogen and oxygen atoms in total. The fourth-order valence-corrected chi connectivity index (χ4v) is 2.22. The summed E-state index contributed by atoms with van der Waals surface area (Å²) >= 11 is 0. The Kier molecular flexibility index (Phi) is 4.69. The molecule has 20 heavy (non-hydrogen) atoms. The minimum atomic E-state index is -0.304. The van der Waals surface area contributed by atoms with Gasteiger partial charge >= 0.3 is 0 Å². The Labute approximate surface area is 117 Å². The molecule has 2 rings (SSSR count). The fraction of sp³-hybridized carbons (Fsp3) is 0.250. The summed E-state index contributed by atoms with van der Waals surface area (Å²) in [7, 11) is 0. The number of hydrogen-bond donors (Lipinski definition) is 1. The molecule has 4 heteroatoms. The number of anilines is 1. The summed E-state index contributed by atoms with van der Waals surface area (Å²) in [6.07, 6.45) is 0. The van der Waals surface area contributed by atoms with Crippen molar-refractivity contribution in [2.45, 2.75) is 20.0 Å². The van der Waals surface area contributed by atoms with Crippen LogP contribution in [0.5, 0.6) is 0 Å². The van der Waals surface area contributed by atoms with Gasteiger partial charge in [0.05, 0.1) is 5.69 Å². The molecular weight excluding hydrogens is 258 g/mol. The van der Waals surface area contributed by atoms with Crippen LogP contribution < -0.4 is 10.6 Å². The number of rotatable bonds is 5. The Bertz CT molecular complexity index is 584. The normalized spacial score (nSPS) is 10.6. The van der Waals surface area contributed by atoms with Crippen molar-refractivity contribution in [3.63, 3.8) is 0 Å². The Morgan fingerprint density at radius 3 is 2.45 bits per heavy atom. The monoisotopic (exact) mass is 276 g/mol. The molecule has 0 saturated carbocycles. The smallest absolute Gasteiger partial charge is 0.146 e. The predicted molar refractivity (Wildman–Crippen MR) is 77.4 cm³/mol. The average Bonchev–Trinajstić information content (AvgIpc) is 2.46. The van der Waals surface area contributed by atoms with Gasteiger partial charge in [0.15, 0.2) is 0 Å². The molecule has 0 aliphatic heterocycles. The van der Waals surface area contributed by atoms with Gasteiger partial charge in [-0.3, -0.25) is 0 Å². The van der Waals surface area contributed by atoms with E-state index in [0.717, 1.165) is 11.1 Å². The number of nitrogens with zero attached hydrogens (tertiary/aromatic N) is 1. The third kappa shape index (κ3) is 3.14. The van der Waals surface area contributed by atoms with E-state index >= 15 is 0 Å². The van der Waals surface area contributed by atoms with Gasteiger partial charge in [-0.15, -0.1) is 0 Å².